The number of aromatic nitrogens is 2. The van der Waals surface area contributed by atoms with Gasteiger partial charge in [0.15, 0.2) is 0 Å². The number of rotatable bonds is 4. The predicted octanol–water partition coefficient (Wildman–Crippen LogP) is 1.48. The zero-order valence-electron chi connectivity index (χ0n) is 13.1. The fraction of sp³-hybridized carbons (Fsp3) is 0.750. The molecule has 6 heteroatoms. The summed E-state index contributed by atoms with van der Waals surface area (Å²) in [5.74, 6) is 0.323. The van der Waals surface area contributed by atoms with Crippen LogP contribution in [0.2, 0.25) is 0 Å². The van der Waals surface area contributed by atoms with Crippen LogP contribution in [0.25, 0.3) is 0 Å². The summed E-state index contributed by atoms with van der Waals surface area (Å²) >= 11 is 0. The van der Waals surface area contributed by atoms with Crippen molar-refractivity contribution >= 4 is 5.91 Å². The summed E-state index contributed by atoms with van der Waals surface area (Å²) in [5, 5.41) is 2.93. The maximum absolute atomic E-state index is 11.9. The van der Waals surface area contributed by atoms with E-state index in [2.05, 4.69) is 20.2 Å². The molecule has 0 radical (unpaired) electrons. The van der Waals surface area contributed by atoms with Crippen LogP contribution in [-0.2, 0) is 0 Å². The van der Waals surface area contributed by atoms with Gasteiger partial charge < -0.3 is 20.2 Å². The fourth-order valence-electron chi connectivity index (χ4n) is 3.77. The number of amides is 1. The number of hydrogen-bond donors (Lipinski definition) is 3. The quantitative estimate of drug-likeness (QED) is 0.737. The lowest BCUT2D eigenvalue weighted by Gasteiger charge is -2.26. The first-order valence-electron chi connectivity index (χ1n) is 8.52. The van der Waals surface area contributed by atoms with Gasteiger partial charge in [-0.1, -0.05) is 25.7 Å². The minimum absolute atomic E-state index is 0.203. The van der Waals surface area contributed by atoms with E-state index < -0.39 is 0 Å². The molecule has 1 aromatic rings. The molecule has 6 nitrogen and oxygen atoms in total. The summed E-state index contributed by atoms with van der Waals surface area (Å²) in [4.78, 5) is 30.5. The fourth-order valence-corrected chi connectivity index (χ4v) is 3.77. The van der Waals surface area contributed by atoms with Crippen molar-refractivity contribution in [3.8, 4) is 0 Å². The zero-order chi connectivity index (χ0) is 15.4. The van der Waals surface area contributed by atoms with Crippen molar-refractivity contribution in [1.29, 1.82) is 0 Å². The van der Waals surface area contributed by atoms with Crippen LogP contribution in [0.4, 0.5) is 0 Å². The van der Waals surface area contributed by atoms with Crippen LogP contribution in [0.1, 0.15) is 55.4 Å². The van der Waals surface area contributed by atoms with Crippen molar-refractivity contribution in [2.75, 3.05) is 19.6 Å². The second-order valence-electron chi connectivity index (χ2n) is 6.66. The molecule has 1 atom stereocenters. The van der Waals surface area contributed by atoms with Crippen molar-refractivity contribution in [3.05, 3.63) is 22.4 Å². The smallest absolute Gasteiger partial charge is 0.323 e. The van der Waals surface area contributed by atoms with E-state index in [-0.39, 0.29) is 11.6 Å². The molecule has 1 saturated carbocycles. The monoisotopic (exact) mass is 306 g/mol. The number of carbonyl (C=O) groups excluding carboxylic acids is 1. The Bertz CT molecular complexity index is 542. The van der Waals surface area contributed by atoms with Gasteiger partial charge in [0.2, 0.25) is 0 Å². The molecule has 22 heavy (non-hydrogen) atoms. The van der Waals surface area contributed by atoms with Crippen molar-refractivity contribution in [2.24, 2.45) is 5.92 Å². The predicted molar refractivity (Wildman–Crippen MR) is 84.9 cm³/mol. The van der Waals surface area contributed by atoms with Crippen LogP contribution in [0.3, 0.4) is 0 Å². The van der Waals surface area contributed by atoms with Crippen molar-refractivity contribution < 1.29 is 4.79 Å². The molecular weight excluding hydrogens is 280 g/mol. The molecular formula is C16H26N4O2. The first-order valence-corrected chi connectivity index (χ1v) is 8.52. The largest absolute Gasteiger partial charge is 0.350 e. The average Bonchev–Trinajstić information content (AvgIpc) is 3.07. The van der Waals surface area contributed by atoms with E-state index in [4.69, 9.17) is 0 Å². The van der Waals surface area contributed by atoms with E-state index in [9.17, 15) is 9.59 Å². The zero-order valence-corrected chi connectivity index (χ0v) is 13.1. The SMILES string of the molecule is O=C(NCC1CCN(C2CCCCCC2)C1)c1c[nH]c(=O)[nH]1. The van der Waals surface area contributed by atoms with E-state index in [1.54, 1.807) is 0 Å². The molecule has 122 valence electrons. The normalized spacial score (nSPS) is 24.3. The van der Waals surface area contributed by atoms with Crippen LogP contribution in [-0.4, -0.2) is 46.5 Å². The van der Waals surface area contributed by atoms with E-state index in [0.717, 1.165) is 25.6 Å². The minimum atomic E-state index is -0.342. The average molecular weight is 306 g/mol. The van der Waals surface area contributed by atoms with Crippen LogP contribution in [0.5, 0.6) is 0 Å². The highest BCUT2D eigenvalue weighted by Gasteiger charge is 2.28. The number of aromatic amines is 2. The first-order chi connectivity index (χ1) is 10.7. The lowest BCUT2D eigenvalue weighted by molar-refractivity contribution is 0.0942. The molecule has 1 saturated heterocycles. The molecule has 0 aromatic carbocycles. The summed E-state index contributed by atoms with van der Waals surface area (Å²) in [5.41, 5.74) is -0.0332. The third-order valence-corrected chi connectivity index (χ3v) is 5.05. The molecule has 0 spiro atoms. The molecule has 0 bridgehead atoms. The minimum Gasteiger partial charge on any atom is -0.350 e. The maximum atomic E-state index is 11.9. The molecule has 3 N–H and O–H groups in total. The molecule has 1 unspecified atom stereocenters. The van der Waals surface area contributed by atoms with Crippen molar-refractivity contribution in [3.63, 3.8) is 0 Å². The Labute approximate surface area is 130 Å². The van der Waals surface area contributed by atoms with E-state index in [0.29, 0.717) is 18.2 Å². The van der Waals surface area contributed by atoms with Gasteiger partial charge >= 0.3 is 5.69 Å². The van der Waals surface area contributed by atoms with E-state index in [1.807, 2.05) is 0 Å². The first kappa shape index (κ1) is 15.3. The standard InChI is InChI=1S/C16H26N4O2/c21-15(14-10-18-16(22)19-14)17-9-12-7-8-20(11-12)13-5-3-1-2-4-6-13/h10,12-13H,1-9,11H2,(H,17,21)(H2,18,19,22). The lowest BCUT2D eigenvalue weighted by Crippen LogP contribution is -2.35. The molecule has 1 aliphatic heterocycles. The number of nitrogens with zero attached hydrogens (tertiary/aromatic N) is 1. The maximum Gasteiger partial charge on any atom is 0.323 e. The number of carbonyl (C=O) groups is 1. The highest BCUT2D eigenvalue weighted by Crippen LogP contribution is 2.26. The summed E-state index contributed by atoms with van der Waals surface area (Å²) in [7, 11) is 0. The number of likely N-dealkylation sites (tertiary alicyclic amines) is 1. The van der Waals surface area contributed by atoms with E-state index >= 15 is 0 Å². The Morgan fingerprint density at radius 2 is 2.00 bits per heavy atom. The molecule has 2 fully saturated rings. The summed E-state index contributed by atoms with van der Waals surface area (Å²) in [6.45, 7) is 2.94. The Morgan fingerprint density at radius 3 is 2.68 bits per heavy atom. The van der Waals surface area contributed by atoms with Crippen molar-refractivity contribution in [2.45, 2.75) is 51.0 Å². The van der Waals surface area contributed by atoms with Gasteiger partial charge in [-0.15, -0.1) is 0 Å². The Kier molecular flexibility index (Phi) is 4.97. The second-order valence-corrected chi connectivity index (χ2v) is 6.66. The van der Waals surface area contributed by atoms with Crippen LogP contribution in [0.15, 0.2) is 11.0 Å². The topological polar surface area (TPSA) is 81.0 Å². The molecule has 1 amide bonds. The Hall–Kier alpha value is -1.56. The molecule has 1 aliphatic carbocycles. The Balaban J connectivity index is 1.44. The second kappa shape index (κ2) is 7.13. The van der Waals surface area contributed by atoms with Gasteiger partial charge in [0.25, 0.3) is 5.91 Å². The Morgan fingerprint density at radius 1 is 1.23 bits per heavy atom. The lowest BCUT2D eigenvalue weighted by atomic mass is 10.1. The highest BCUT2D eigenvalue weighted by atomic mass is 16.2. The summed E-state index contributed by atoms with van der Waals surface area (Å²) < 4.78 is 0. The van der Waals surface area contributed by atoms with Crippen LogP contribution >= 0.6 is 0 Å². The summed E-state index contributed by atoms with van der Waals surface area (Å²) in [6, 6.07) is 0.754. The van der Waals surface area contributed by atoms with Gasteiger partial charge in [-0.05, 0) is 31.7 Å². The number of H-pyrrole nitrogens is 2. The number of imidazole rings is 1. The van der Waals surface area contributed by atoms with Crippen molar-refractivity contribution in [1.82, 2.24) is 20.2 Å². The highest BCUT2D eigenvalue weighted by molar-refractivity contribution is 5.91. The van der Waals surface area contributed by atoms with Gasteiger partial charge in [-0.25, -0.2) is 4.79 Å². The molecule has 3 rings (SSSR count). The van der Waals surface area contributed by atoms with Gasteiger partial charge in [0.05, 0.1) is 0 Å². The third-order valence-electron chi connectivity index (χ3n) is 5.05. The molecule has 2 aliphatic rings. The molecule has 1 aromatic heterocycles. The van der Waals surface area contributed by atoms with Crippen LogP contribution in [0, 0.1) is 5.92 Å². The van der Waals surface area contributed by atoms with Gasteiger partial charge in [-0.3, -0.25) is 4.79 Å². The number of hydrogen-bond acceptors (Lipinski definition) is 3. The van der Waals surface area contributed by atoms with Crippen LogP contribution < -0.4 is 11.0 Å². The van der Waals surface area contributed by atoms with E-state index in [1.165, 1.54) is 44.7 Å². The van der Waals surface area contributed by atoms with Gasteiger partial charge in [0, 0.05) is 25.3 Å². The van der Waals surface area contributed by atoms with Gasteiger partial charge in [0.1, 0.15) is 5.69 Å². The third kappa shape index (κ3) is 3.80. The molecule has 2 heterocycles. The summed E-state index contributed by atoms with van der Waals surface area (Å²) in [6.07, 6.45) is 10.8. The van der Waals surface area contributed by atoms with Gasteiger partial charge in [-0.2, -0.15) is 0 Å². The number of nitrogens with one attached hydrogen (secondary N) is 3.